The van der Waals surface area contributed by atoms with E-state index in [0.29, 0.717) is 0 Å². The molecule has 0 amide bonds. The van der Waals surface area contributed by atoms with Gasteiger partial charge in [0.05, 0.1) is 0 Å². The molecule has 0 aromatic heterocycles. The predicted molar refractivity (Wildman–Crippen MR) is 29.0 cm³/mol. The molecular weight excluding hydrogens is 206 g/mol. The molecule has 0 bridgehead atoms. The Morgan fingerprint density at radius 3 is 1.00 bits per heavy atom. The highest BCUT2D eigenvalue weighted by atomic mass is 127. The van der Waals surface area contributed by atoms with Crippen LogP contribution in [0.25, 0.3) is 0 Å². The Labute approximate surface area is 47.7 Å². The Kier molecular flexibility index (Phi) is 9.48. The van der Waals surface area contributed by atoms with Crippen molar-refractivity contribution >= 4 is 32.6 Å². The summed E-state index contributed by atoms with van der Waals surface area (Å²) in [6.07, 6.45) is 0. The van der Waals surface area contributed by atoms with Crippen LogP contribution < -0.4 is 0 Å². The highest BCUT2D eigenvalue weighted by molar-refractivity contribution is 14.0. The first-order valence-corrected chi connectivity index (χ1v) is 1.80. The average Bonchev–Trinajstić information content (AvgIpc) is 0.811. The number of hydrogen-bond donors (Lipinski definition) is 3. The lowest BCUT2D eigenvalue weighted by atomic mass is 15.8. The second-order valence-corrected chi connectivity index (χ2v) is 0.805. The maximum atomic E-state index is 7.23. The molecule has 0 aliphatic carbocycles. The van der Waals surface area contributed by atoms with E-state index in [4.69, 9.17) is 14.7 Å². The molecule has 0 aromatic carbocycles. The van der Waals surface area contributed by atoms with Gasteiger partial charge in [-0.1, -0.05) is 0 Å². The molecule has 0 aliphatic heterocycles. The van der Waals surface area contributed by atoms with Gasteiger partial charge in [-0.2, -0.15) is 0 Å². The normalized spacial score (nSPS) is 7.20. The predicted octanol–water partition coefficient (Wildman–Crippen LogP) is -0.192. The van der Waals surface area contributed by atoms with Gasteiger partial charge in [0.2, 0.25) is 0 Å². The summed E-state index contributed by atoms with van der Waals surface area (Å²) in [6.45, 7) is 0. The van der Waals surface area contributed by atoms with Gasteiger partial charge in [-0.05, 0) is 0 Å². The molecule has 0 unspecified atom stereocenters. The summed E-state index contributed by atoms with van der Waals surface area (Å²) in [5.74, 6) is 0. The molecule has 0 heterocycles. The fraction of sp³-hybridized carbons (Fsp3) is 0. The molecule has 0 rings (SSSR count). The summed E-state index contributed by atoms with van der Waals surface area (Å²) in [7, 11) is -2.62. The van der Waals surface area contributed by atoms with Gasteiger partial charge in [0.15, 0.2) is 0 Å². The Morgan fingerprint density at radius 2 is 1.00 bits per heavy atom. The SMILES string of the molecule is I.OP(O)O. The maximum Gasteiger partial charge on any atom is 0.324 e. The third-order valence-corrected chi connectivity index (χ3v) is 0. The second-order valence-electron chi connectivity index (χ2n) is 0.268. The van der Waals surface area contributed by atoms with Crippen molar-refractivity contribution in [3.8, 4) is 0 Å². The highest BCUT2D eigenvalue weighted by Gasteiger charge is 1.76. The van der Waals surface area contributed by atoms with Crippen LogP contribution in [0, 0.1) is 0 Å². The van der Waals surface area contributed by atoms with E-state index in [-0.39, 0.29) is 24.0 Å². The van der Waals surface area contributed by atoms with Gasteiger partial charge in [0, 0.05) is 0 Å². The van der Waals surface area contributed by atoms with Crippen LogP contribution in [-0.2, 0) is 0 Å². The zero-order valence-corrected chi connectivity index (χ0v) is 5.42. The Balaban J connectivity index is 0. The molecule has 0 radical (unpaired) electrons. The van der Waals surface area contributed by atoms with Gasteiger partial charge >= 0.3 is 8.60 Å². The summed E-state index contributed by atoms with van der Waals surface area (Å²) < 4.78 is 0. The van der Waals surface area contributed by atoms with E-state index in [1.807, 2.05) is 0 Å². The quantitative estimate of drug-likeness (QED) is 0.383. The summed E-state index contributed by atoms with van der Waals surface area (Å²) in [5, 5.41) is 0. The minimum atomic E-state index is -2.62. The van der Waals surface area contributed by atoms with Gasteiger partial charge in [-0.25, -0.2) is 0 Å². The molecule has 5 heavy (non-hydrogen) atoms. The van der Waals surface area contributed by atoms with Gasteiger partial charge < -0.3 is 14.7 Å². The lowest BCUT2D eigenvalue weighted by molar-refractivity contribution is 0.368. The zero-order chi connectivity index (χ0) is 3.58. The fourth-order valence-corrected chi connectivity index (χ4v) is 0. The smallest absolute Gasteiger partial charge is 0.324 e. The van der Waals surface area contributed by atoms with Crippen LogP contribution in [0.5, 0.6) is 0 Å². The van der Waals surface area contributed by atoms with E-state index in [0.717, 1.165) is 0 Å². The van der Waals surface area contributed by atoms with Crippen LogP contribution in [0.2, 0.25) is 0 Å². The molecular formula is H4IO3P. The Morgan fingerprint density at radius 1 is 1.00 bits per heavy atom. The van der Waals surface area contributed by atoms with E-state index in [1.165, 1.54) is 0 Å². The van der Waals surface area contributed by atoms with Crippen LogP contribution in [0.3, 0.4) is 0 Å². The monoisotopic (exact) mass is 210 g/mol. The second kappa shape index (κ2) is 5.04. The summed E-state index contributed by atoms with van der Waals surface area (Å²) >= 11 is 0. The molecule has 0 spiro atoms. The molecule has 5 heteroatoms. The van der Waals surface area contributed by atoms with Crippen molar-refractivity contribution in [1.29, 1.82) is 0 Å². The van der Waals surface area contributed by atoms with Crippen molar-refractivity contribution < 1.29 is 14.7 Å². The third kappa shape index (κ3) is 43.1. The van der Waals surface area contributed by atoms with Gasteiger partial charge in [0.25, 0.3) is 0 Å². The van der Waals surface area contributed by atoms with E-state index < -0.39 is 8.60 Å². The number of hydrogen-bond acceptors (Lipinski definition) is 3. The zero-order valence-electron chi connectivity index (χ0n) is 2.20. The minimum Gasteiger partial charge on any atom is -0.328 e. The summed E-state index contributed by atoms with van der Waals surface area (Å²) in [4.78, 5) is 21.7. The van der Waals surface area contributed by atoms with E-state index in [2.05, 4.69) is 0 Å². The molecule has 3 nitrogen and oxygen atoms in total. The van der Waals surface area contributed by atoms with E-state index in [1.54, 1.807) is 0 Å². The highest BCUT2D eigenvalue weighted by Crippen LogP contribution is 2.11. The van der Waals surface area contributed by atoms with Crippen molar-refractivity contribution in [2.75, 3.05) is 0 Å². The standard InChI is InChI=1S/HI.H3O3P/c;1-4(2)3/h1H;1-3H. The fourth-order valence-electron chi connectivity index (χ4n) is 0. The lowest BCUT2D eigenvalue weighted by Gasteiger charge is -1.76. The largest absolute Gasteiger partial charge is 0.328 e. The first-order chi connectivity index (χ1) is 1.73. The van der Waals surface area contributed by atoms with Crippen LogP contribution >= 0.6 is 32.6 Å². The minimum absolute atomic E-state index is 0. The van der Waals surface area contributed by atoms with E-state index in [9.17, 15) is 0 Å². The topological polar surface area (TPSA) is 60.7 Å². The van der Waals surface area contributed by atoms with Crippen molar-refractivity contribution in [3.05, 3.63) is 0 Å². The molecule has 0 atom stereocenters. The first kappa shape index (κ1) is 9.40. The summed E-state index contributed by atoms with van der Waals surface area (Å²) in [5.41, 5.74) is 0. The number of halogens is 1. The van der Waals surface area contributed by atoms with E-state index >= 15 is 0 Å². The molecule has 0 aliphatic rings. The average molecular weight is 210 g/mol. The van der Waals surface area contributed by atoms with Crippen molar-refractivity contribution in [2.24, 2.45) is 0 Å². The molecule has 0 saturated heterocycles. The first-order valence-electron chi connectivity index (χ1n) is 0.600. The van der Waals surface area contributed by atoms with Crippen molar-refractivity contribution in [2.45, 2.75) is 0 Å². The van der Waals surface area contributed by atoms with Crippen LogP contribution in [0.1, 0.15) is 0 Å². The van der Waals surface area contributed by atoms with Crippen LogP contribution in [-0.4, -0.2) is 14.7 Å². The van der Waals surface area contributed by atoms with Crippen molar-refractivity contribution in [1.82, 2.24) is 0 Å². The molecule has 34 valence electrons. The third-order valence-electron chi connectivity index (χ3n) is 0. The molecule has 3 N–H and O–H groups in total. The molecule has 0 fully saturated rings. The Bertz CT molecular complexity index is 11.6. The van der Waals surface area contributed by atoms with Gasteiger partial charge in [0.1, 0.15) is 0 Å². The Hall–Kier alpha value is 1.04. The van der Waals surface area contributed by atoms with Gasteiger partial charge in [-0.15, -0.1) is 24.0 Å². The van der Waals surface area contributed by atoms with Crippen molar-refractivity contribution in [3.63, 3.8) is 0 Å². The lowest BCUT2D eigenvalue weighted by Crippen LogP contribution is -1.54. The maximum absolute atomic E-state index is 7.23. The molecule has 0 saturated carbocycles. The van der Waals surface area contributed by atoms with Crippen LogP contribution in [0.15, 0.2) is 0 Å². The van der Waals surface area contributed by atoms with Crippen LogP contribution in [0.4, 0.5) is 0 Å². The molecule has 0 aromatic rings. The van der Waals surface area contributed by atoms with Gasteiger partial charge in [-0.3, -0.25) is 0 Å². The number of rotatable bonds is 0. The summed E-state index contributed by atoms with van der Waals surface area (Å²) in [6, 6.07) is 0.